The van der Waals surface area contributed by atoms with E-state index in [2.05, 4.69) is 20.6 Å². The van der Waals surface area contributed by atoms with Gasteiger partial charge in [0, 0.05) is 36.0 Å². The molecule has 3 aromatic rings. The van der Waals surface area contributed by atoms with Crippen LogP contribution in [0.4, 0.5) is 21.9 Å². The second-order valence-electron chi connectivity index (χ2n) is 10.3. The fraction of sp³-hybridized carbons (Fsp3) is 0.250. The van der Waals surface area contributed by atoms with Crippen LogP contribution in [0, 0.1) is 10.1 Å². The number of ether oxygens (including phenoxy) is 1. The molecule has 12 nitrogen and oxygen atoms in total. The van der Waals surface area contributed by atoms with Crippen LogP contribution in [-0.4, -0.2) is 51.8 Å². The van der Waals surface area contributed by atoms with Crippen LogP contribution in [0.2, 0.25) is 0 Å². The summed E-state index contributed by atoms with van der Waals surface area (Å²) in [6, 6.07) is 13.2. The lowest BCUT2D eigenvalue weighted by Gasteiger charge is -2.22. The van der Waals surface area contributed by atoms with Crippen molar-refractivity contribution < 1.29 is 24.0 Å². The Bertz CT molecular complexity index is 1560. The first-order chi connectivity index (χ1) is 19.0. The Morgan fingerprint density at radius 2 is 1.90 bits per heavy atom. The van der Waals surface area contributed by atoms with Gasteiger partial charge in [-0.05, 0) is 38.8 Å². The van der Waals surface area contributed by atoms with Gasteiger partial charge in [0.2, 0.25) is 6.17 Å². The Kier molecular flexibility index (Phi) is 6.76. The standard InChI is InChI=1S/C28H26N6O6/c1-28(2,3)40-27(37)30-21-15-29-11-9-19(21)25(35)32-24-26(36)33-12-10-17-13-18(34(38)39)14-20(23(17)33)22(31-24)16-7-5-4-6-8-16/h4-9,11,13-15,24H,10,12H2,1-3H3,(H,30,37)(H,32,35). The third-order valence-electron chi connectivity index (χ3n) is 6.29. The largest absolute Gasteiger partial charge is 0.444 e. The number of nitrogens with zero attached hydrogens (tertiary/aromatic N) is 4. The molecule has 0 fully saturated rings. The van der Waals surface area contributed by atoms with Crippen molar-refractivity contribution in [1.82, 2.24) is 10.3 Å². The summed E-state index contributed by atoms with van der Waals surface area (Å²) in [5.74, 6) is -1.16. The molecule has 2 N–H and O–H groups in total. The van der Waals surface area contributed by atoms with Gasteiger partial charge in [-0.2, -0.15) is 0 Å². The van der Waals surface area contributed by atoms with Crippen molar-refractivity contribution in [2.24, 2.45) is 4.99 Å². The molecule has 2 aliphatic rings. The van der Waals surface area contributed by atoms with Crippen molar-refractivity contribution in [1.29, 1.82) is 0 Å². The molecule has 0 spiro atoms. The normalized spacial score (nSPS) is 16.0. The Hall–Kier alpha value is -5.13. The van der Waals surface area contributed by atoms with Crippen molar-refractivity contribution in [3.05, 3.63) is 93.3 Å². The molecule has 3 heterocycles. The van der Waals surface area contributed by atoms with Crippen molar-refractivity contribution in [3.63, 3.8) is 0 Å². The second kappa shape index (κ2) is 10.2. The Morgan fingerprint density at radius 1 is 1.15 bits per heavy atom. The van der Waals surface area contributed by atoms with Gasteiger partial charge in [0.05, 0.1) is 33.8 Å². The predicted octanol–water partition coefficient (Wildman–Crippen LogP) is 3.83. The molecule has 40 heavy (non-hydrogen) atoms. The van der Waals surface area contributed by atoms with E-state index in [9.17, 15) is 24.5 Å². The Balaban J connectivity index is 1.54. The highest BCUT2D eigenvalue weighted by atomic mass is 16.6. The highest BCUT2D eigenvalue weighted by molar-refractivity contribution is 6.21. The van der Waals surface area contributed by atoms with Gasteiger partial charge in [0.15, 0.2) is 0 Å². The molecule has 204 valence electrons. The maximum Gasteiger partial charge on any atom is 0.412 e. The fourth-order valence-corrected chi connectivity index (χ4v) is 4.67. The molecule has 12 heteroatoms. The summed E-state index contributed by atoms with van der Waals surface area (Å²) in [4.78, 5) is 60.9. The molecule has 1 aromatic heterocycles. The molecule has 0 saturated carbocycles. The van der Waals surface area contributed by atoms with Crippen LogP contribution in [-0.2, 0) is 16.0 Å². The van der Waals surface area contributed by atoms with E-state index in [4.69, 9.17) is 4.74 Å². The molecule has 5 rings (SSSR count). The smallest absolute Gasteiger partial charge is 0.412 e. The minimum atomic E-state index is -1.34. The van der Waals surface area contributed by atoms with Crippen molar-refractivity contribution >= 4 is 40.7 Å². The lowest BCUT2D eigenvalue weighted by molar-refractivity contribution is -0.384. The first-order valence-corrected chi connectivity index (χ1v) is 12.5. The van der Waals surface area contributed by atoms with Crippen LogP contribution in [0.1, 0.15) is 47.8 Å². The third kappa shape index (κ3) is 5.23. The predicted molar refractivity (Wildman–Crippen MR) is 147 cm³/mol. The van der Waals surface area contributed by atoms with Crippen LogP contribution in [0.15, 0.2) is 65.9 Å². The molecule has 2 aromatic carbocycles. The number of nitro benzene ring substituents is 1. The van der Waals surface area contributed by atoms with Gasteiger partial charge in [-0.3, -0.25) is 30.0 Å². The average molecular weight is 543 g/mol. The van der Waals surface area contributed by atoms with Gasteiger partial charge in [0.25, 0.3) is 17.5 Å². The molecule has 1 unspecified atom stereocenters. The minimum Gasteiger partial charge on any atom is -0.444 e. The molecule has 0 saturated heterocycles. The quantitative estimate of drug-likeness (QED) is 0.366. The summed E-state index contributed by atoms with van der Waals surface area (Å²) < 4.78 is 5.28. The van der Waals surface area contributed by atoms with E-state index in [0.717, 1.165) is 0 Å². The number of nitrogens with one attached hydrogen (secondary N) is 2. The highest BCUT2D eigenvalue weighted by Crippen LogP contribution is 2.39. The van der Waals surface area contributed by atoms with Crippen LogP contribution in [0.3, 0.4) is 0 Å². The number of pyridine rings is 1. The number of carbonyl (C=O) groups is 3. The maximum absolute atomic E-state index is 13.7. The number of aromatic nitrogens is 1. The topological polar surface area (TPSA) is 156 Å². The van der Waals surface area contributed by atoms with Crippen LogP contribution in [0.5, 0.6) is 0 Å². The summed E-state index contributed by atoms with van der Waals surface area (Å²) in [5.41, 5.74) is 1.88. The molecular weight excluding hydrogens is 516 g/mol. The van der Waals surface area contributed by atoms with Crippen LogP contribution in [0.25, 0.3) is 0 Å². The van der Waals surface area contributed by atoms with Gasteiger partial charge >= 0.3 is 6.09 Å². The lowest BCUT2D eigenvalue weighted by Crippen LogP contribution is -2.47. The molecule has 2 aliphatic heterocycles. The zero-order valence-electron chi connectivity index (χ0n) is 22.0. The van der Waals surface area contributed by atoms with Gasteiger partial charge in [0.1, 0.15) is 5.60 Å². The zero-order chi connectivity index (χ0) is 28.6. The third-order valence-corrected chi connectivity index (χ3v) is 6.29. The molecular formula is C28H26N6O6. The number of nitro groups is 1. The van der Waals surface area contributed by atoms with E-state index in [1.807, 2.05) is 6.07 Å². The lowest BCUT2D eigenvalue weighted by atomic mass is 9.97. The number of carbonyl (C=O) groups excluding carboxylic acids is 3. The SMILES string of the molecule is CC(C)(C)OC(=O)Nc1cnccc1C(=O)NC1N=C(c2ccccc2)c2cc([N+](=O)[O-])cc3c2N(CC3)C1=O. The fourth-order valence-electron chi connectivity index (χ4n) is 4.67. The van der Waals surface area contributed by atoms with Gasteiger partial charge in [-0.1, -0.05) is 30.3 Å². The summed E-state index contributed by atoms with van der Waals surface area (Å²) in [6.45, 7) is 5.41. The monoisotopic (exact) mass is 542 g/mol. The number of amides is 3. The van der Waals surface area contributed by atoms with E-state index in [0.29, 0.717) is 34.5 Å². The summed E-state index contributed by atoms with van der Waals surface area (Å²) in [6.07, 6.45) is 0.986. The van der Waals surface area contributed by atoms with Gasteiger partial charge < -0.3 is 15.0 Å². The molecule has 0 aliphatic carbocycles. The Morgan fingerprint density at radius 3 is 2.60 bits per heavy atom. The van der Waals surface area contributed by atoms with Gasteiger partial charge in [-0.15, -0.1) is 0 Å². The first-order valence-electron chi connectivity index (χ1n) is 12.5. The number of anilines is 2. The molecule has 0 radical (unpaired) electrons. The molecule has 1 atom stereocenters. The number of benzene rings is 2. The maximum atomic E-state index is 13.7. The van der Waals surface area contributed by atoms with E-state index in [-0.39, 0.29) is 23.5 Å². The van der Waals surface area contributed by atoms with Crippen molar-refractivity contribution in [3.8, 4) is 0 Å². The number of aliphatic imine (C=N–C) groups is 1. The highest BCUT2D eigenvalue weighted by Gasteiger charge is 2.39. The number of rotatable bonds is 5. The summed E-state index contributed by atoms with van der Waals surface area (Å²) >= 11 is 0. The minimum absolute atomic E-state index is 0.0460. The number of hydrogen-bond donors (Lipinski definition) is 2. The Labute approximate surface area is 229 Å². The first kappa shape index (κ1) is 26.5. The summed E-state index contributed by atoms with van der Waals surface area (Å²) in [7, 11) is 0. The summed E-state index contributed by atoms with van der Waals surface area (Å²) in [5, 5.41) is 16.9. The molecule has 0 bridgehead atoms. The zero-order valence-corrected chi connectivity index (χ0v) is 22.0. The van der Waals surface area contributed by atoms with Crippen LogP contribution < -0.4 is 15.5 Å². The van der Waals surface area contributed by atoms with E-state index in [1.165, 1.54) is 35.5 Å². The van der Waals surface area contributed by atoms with Crippen LogP contribution >= 0.6 is 0 Å². The number of non-ortho nitro benzene ring substituents is 1. The number of hydrogen-bond acceptors (Lipinski definition) is 8. The van der Waals surface area contributed by atoms with E-state index >= 15 is 0 Å². The van der Waals surface area contributed by atoms with Crippen molar-refractivity contribution in [2.45, 2.75) is 39.0 Å². The van der Waals surface area contributed by atoms with Gasteiger partial charge in [-0.25, -0.2) is 9.79 Å². The average Bonchev–Trinajstić information content (AvgIpc) is 3.29. The van der Waals surface area contributed by atoms with E-state index in [1.54, 1.807) is 45.0 Å². The molecule has 3 amide bonds. The second-order valence-corrected chi connectivity index (χ2v) is 10.3. The van der Waals surface area contributed by atoms with E-state index < -0.39 is 34.6 Å². The van der Waals surface area contributed by atoms with Crippen molar-refractivity contribution in [2.75, 3.05) is 16.8 Å².